The number of nitrogens with one attached hydrogen (secondary N) is 1. The second-order valence-electron chi connectivity index (χ2n) is 3.84. The summed E-state index contributed by atoms with van der Waals surface area (Å²) in [6.45, 7) is 2.27. The fourth-order valence-corrected chi connectivity index (χ4v) is 2.33. The maximum atomic E-state index is 11.9. The zero-order chi connectivity index (χ0) is 12.0. The van der Waals surface area contributed by atoms with Crippen LogP contribution in [0.25, 0.3) is 5.69 Å². The molecule has 0 saturated heterocycles. The van der Waals surface area contributed by atoms with Crippen molar-refractivity contribution in [2.75, 3.05) is 0 Å². The van der Waals surface area contributed by atoms with E-state index in [2.05, 4.69) is 31.4 Å². The van der Waals surface area contributed by atoms with E-state index in [0.29, 0.717) is 12.1 Å². The first-order valence-electron chi connectivity index (χ1n) is 5.16. The number of aryl methyl sites for hydroxylation is 1. The molecule has 0 bridgehead atoms. The largest absolute Gasteiger partial charge is 0.345 e. The molecule has 1 aromatic heterocycles. The number of nitrogens with zero attached hydrogens (tertiary/aromatic N) is 3. The van der Waals surface area contributed by atoms with Crippen LogP contribution in [-0.4, -0.2) is 20.7 Å². The summed E-state index contributed by atoms with van der Waals surface area (Å²) >= 11 is 3.37. The Kier molecular flexibility index (Phi) is 2.25. The lowest BCUT2D eigenvalue weighted by Crippen LogP contribution is -2.21. The zero-order valence-corrected chi connectivity index (χ0v) is 10.7. The Morgan fingerprint density at radius 3 is 3.06 bits per heavy atom. The minimum absolute atomic E-state index is 0.0915. The van der Waals surface area contributed by atoms with Crippen LogP contribution in [0.5, 0.6) is 0 Å². The van der Waals surface area contributed by atoms with Crippen molar-refractivity contribution in [1.29, 1.82) is 0 Å². The molecule has 86 valence electrons. The van der Waals surface area contributed by atoms with Crippen molar-refractivity contribution < 1.29 is 4.79 Å². The highest BCUT2D eigenvalue weighted by atomic mass is 79.9. The molecule has 0 fully saturated rings. The first-order chi connectivity index (χ1) is 8.16. The standard InChI is InChI=1S/C11H9BrN4O/c1-6-14-15-10-5-13-11(17)8-4-7(12)2-3-9(8)16(6)10/h2-4H,5H2,1H3,(H,13,17). The average molecular weight is 293 g/mol. The lowest BCUT2D eigenvalue weighted by Gasteiger charge is -2.08. The molecule has 0 radical (unpaired) electrons. The minimum atomic E-state index is -0.0915. The van der Waals surface area contributed by atoms with Crippen LogP contribution in [-0.2, 0) is 6.54 Å². The number of carbonyl (C=O) groups excluding carboxylic acids is 1. The van der Waals surface area contributed by atoms with Gasteiger partial charge in [-0.3, -0.25) is 9.36 Å². The summed E-state index contributed by atoms with van der Waals surface area (Å²) in [6, 6.07) is 5.60. The summed E-state index contributed by atoms with van der Waals surface area (Å²) < 4.78 is 2.78. The fourth-order valence-electron chi connectivity index (χ4n) is 1.97. The van der Waals surface area contributed by atoms with Gasteiger partial charge in [0, 0.05) is 4.47 Å². The molecule has 1 aliphatic rings. The van der Waals surface area contributed by atoms with Crippen LogP contribution in [0.4, 0.5) is 0 Å². The van der Waals surface area contributed by atoms with Gasteiger partial charge in [0.05, 0.1) is 17.8 Å². The van der Waals surface area contributed by atoms with E-state index >= 15 is 0 Å². The lowest BCUT2D eigenvalue weighted by molar-refractivity contribution is 0.0952. The molecule has 6 heteroatoms. The summed E-state index contributed by atoms with van der Waals surface area (Å²) in [5.74, 6) is 1.43. The van der Waals surface area contributed by atoms with E-state index in [1.165, 1.54) is 0 Å². The third-order valence-corrected chi connectivity index (χ3v) is 3.24. The number of fused-ring (bicyclic) bond motifs is 3. The van der Waals surface area contributed by atoms with Gasteiger partial charge < -0.3 is 5.32 Å². The highest BCUT2D eigenvalue weighted by molar-refractivity contribution is 9.10. The van der Waals surface area contributed by atoms with Crippen molar-refractivity contribution in [3.05, 3.63) is 39.9 Å². The summed E-state index contributed by atoms with van der Waals surface area (Å²) in [5, 5.41) is 10.9. The maximum absolute atomic E-state index is 11.9. The third-order valence-electron chi connectivity index (χ3n) is 2.74. The van der Waals surface area contributed by atoms with Crippen molar-refractivity contribution in [3.63, 3.8) is 0 Å². The van der Waals surface area contributed by atoms with E-state index in [1.807, 2.05) is 23.6 Å². The zero-order valence-electron chi connectivity index (χ0n) is 9.07. The highest BCUT2D eigenvalue weighted by Gasteiger charge is 2.22. The predicted molar refractivity (Wildman–Crippen MR) is 65.0 cm³/mol. The maximum Gasteiger partial charge on any atom is 0.253 e. The van der Waals surface area contributed by atoms with E-state index in [4.69, 9.17) is 0 Å². The number of halogens is 1. The molecule has 2 aromatic rings. The fraction of sp³-hybridized carbons (Fsp3) is 0.182. The molecule has 5 nitrogen and oxygen atoms in total. The van der Waals surface area contributed by atoms with Gasteiger partial charge in [0.25, 0.3) is 5.91 Å². The summed E-state index contributed by atoms with van der Waals surface area (Å²) in [6.07, 6.45) is 0. The van der Waals surface area contributed by atoms with Crippen molar-refractivity contribution in [1.82, 2.24) is 20.1 Å². The summed E-state index contributed by atoms with van der Waals surface area (Å²) in [5.41, 5.74) is 1.45. The molecule has 3 rings (SSSR count). The Hall–Kier alpha value is -1.69. The second-order valence-corrected chi connectivity index (χ2v) is 4.76. The van der Waals surface area contributed by atoms with Crippen molar-refractivity contribution >= 4 is 21.8 Å². The number of rotatable bonds is 0. The van der Waals surface area contributed by atoms with Crippen LogP contribution in [0.15, 0.2) is 22.7 Å². The van der Waals surface area contributed by atoms with E-state index in [1.54, 1.807) is 6.07 Å². The first kappa shape index (κ1) is 10.5. The van der Waals surface area contributed by atoms with Crippen molar-refractivity contribution in [2.24, 2.45) is 0 Å². The first-order valence-corrected chi connectivity index (χ1v) is 5.95. The molecule has 2 heterocycles. The number of benzene rings is 1. The molecule has 0 spiro atoms. The van der Waals surface area contributed by atoms with Gasteiger partial charge in [-0.05, 0) is 25.1 Å². The SMILES string of the molecule is Cc1nnc2n1-c1ccc(Br)cc1C(=O)NC2. The van der Waals surface area contributed by atoms with Crippen LogP contribution in [0.1, 0.15) is 22.0 Å². The Morgan fingerprint density at radius 1 is 1.41 bits per heavy atom. The smallest absolute Gasteiger partial charge is 0.253 e. The molecule has 0 unspecified atom stereocenters. The van der Waals surface area contributed by atoms with Crippen LogP contribution in [0.3, 0.4) is 0 Å². The number of carbonyl (C=O) groups is 1. The van der Waals surface area contributed by atoms with Crippen molar-refractivity contribution in [2.45, 2.75) is 13.5 Å². The molecular weight excluding hydrogens is 284 g/mol. The topological polar surface area (TPSA) is 59.8 Å². The summed E-state index contributed by atoms with van der Waals surface area (Å²) in [7, 11) is 0. The van der Waals surface area contributed by atoms with Crippen LogP contribution < -0.4 is 5.32 Å². The lowest BCUT2D eigenvalue weighted by atomic mass is 10.1. The van der Waals surface area contributed by atoms with Crippen molar-refractivity contribution in [3.8, 4) is 5.69 Å². The Balaban J connectivity index is 2.34. The predicted octanol–water partition coefficient (Wildman–Crippen LogP) is 1.58. The molecule has 1 aliphatic heterocycles. The molecule has 1 aromatic carbocycles. The third kappa shape index (κ3) is 1.56. The molecule has 0 saturated carbocycles. The van der Waals surface area contributed by atoms with Crippen LogP contribution in [0, 0.1) is 6.92 Å². The minimum Gasteiger partial charge on any atom is -0.345 e. The molecule has 0 aliphatic carbocycles. The van der Waals surface area contributed by atoms with Gasteiger partial charge in [0.1, 0.15) is 5.82 Å². The normalized spacial score (nSPS) is 13.6. The highest BCUT2D eigenvalue weighted by Crippen LogP contribution is 2.24. The molecule has 17 heavy (non-hydrogen) atoms. The van der Waals surface area contributed by atoms with Gasteiger partial charge in [-0.25, -0.2) is 0 Å². The monoisotopic (exact) mass is 292 g/mol. The number of hydrogen-bond donors (Lipinski definition) is 1. The summed E-state index contributed by atoms with van der Waals surface area (Å²) in [4.78, 5) is 11.9. The molecule has 0 atom stereocenters. The molecule has 1 amide bonds. The van der Waals surface area contributed by atoms with Crippen LogP contribution >= 0.6 is 15.9 Å². The number of amides is 1. The van der Waals surface area contributed by atoms with Gasteiger partial charge in [-0.2, -0.15) is 0 Å². The second kappa shape index (κ2) is 3.66. The Labute approximate surface area is 106 Å². The quantitative estimate of drug-likeness (QED) is 0.802. The van der Waals surface area contributed by atoms with Gasteiger partial charge in [-0.1, -0.05) is 15.9 Å². The number of aromatic nitrogens is 3. The van der Waals surface area contributed by atoms with E-state index in [-0.39, 0.29) is 5.91 Å². The average Bonchev–Trinajstić information content (AvgIpc) is 2.61. The van der Waals surface area contributed by atoms with Crippen LogP contribution in [0.2, 0.25) is 0 Å². The van der Waals surface area contributed by atoms with Gasteiger partial charge in [0.2, 0.25) is 0 Å². The Morgan fingerprint density at radius 2 is 2.24 bits per heavy atom. The molecular formula is C11H9BrN4O. The van der Waals surface area contributed by atoms with E-state index in [0.717, 1.165) is 21.8 Å². The van der Waals surface area contributed by atoms with E-state index < -0.39 is 0 Å². The Bertz CT molecular complexity index is 620. The van der Waals surface area contributed by atoms with Gasteiger partial charge in [-0.15, -0.1) is 10.2 Å². The van der Waals surface area contributed by atoms with Gasteiger partial charge in [0.15, 0.2) is 5.82 Å². The molecule has 1 N–H and O–H groups in total. The van der Waals surface area contributed by atoms with E-state index in [9.17, 15) is 4.79 Å². The number of hydrogen-bond acceptors (Lipinski definition) is 3. The van der Waals surface area contributed by atoms with Gasteiger partial charge >= 0.3 is 0 Å².